The maximum absolute atomic E-state index is 12.8. The Kier molecular flexibility index (Phi) is 6.10. The van der Waals surface area contributed by atoms with E-state index < -0.39 is 0 Å². The molecule has 0 saturated carbocycles. The van der Waals surface area contributed by atoms with Crippen molar-refractivity contribution in [3.63, 3.8) is 0 Å². The molecule has 2 saturated heterocycles. The Morgan fingerprint density at radius 3 is 2.88 bits per heavy atom. The van der Waals surface area contributed by atoms with Crippen molar-refractivity contribution in [3.05, 3.63) is 70.8 Å². The zero-order chi connectivity index (χ0) is 23.7. The van der Waals surface area contributed by atoms with E-state index in [1.165, 1.54) is 0 Å². The number of ether oxygens (including phenoxy) is 2. The number of piperidine rings is 1. The molecule has 2 aliphatic rings. The van der Waals surface area contributed by atoms with Crippen molar-refractivity contribution in [2.45, 2.75) is 38.5 Å². The van der Waals surface area contributed by atoms with Crippen LogP contribution in [0, 0.1) is 6.92 Å². The molecule has 9 nitrogen and oxygen atoms in total. The van der Waals surface area contributed by atoms with Gasteiger partial charge in [-0.1, -0.05) is 23.7 Å². The van der Waals surface area contributed by atoms with E-state index in [9.17, 15) is 9.59 Å². The standard InChI is InChI=1S/C24H24ClN5O4/c1-15-10-28-30(13-15)21-12-26-20(23(31)27-11-16-2-4-17(25)5-3-16)9-22(21)34-19-6-7-29-18(8-19)14-33-24(29)32/h2-5,9-10,12-13,18-19H,6-8,11,14H2,1H3,(H,27,31)/t18-,19-/m0/s1. The molecular weight excluding hydrogens is 458 g/mol. The predicted molar refractivity (Wildman–Crippen MR) is 124 cm³/mol. The van der Waals surface area contributed by atoms with Crippen molar-refractivity contribution in [2.24, 2.45) is 0 Å². The Morgan fingerprint density at radius 1 is 1.29 bits per heavy atom. The van der Waals surface area contributed by atoms with Crippen molar-refractivity contribution >= 4 is 23.6 Å². The minimum absolute atomic E-state index is 0.00521. The second-order valence-electron chi connectivity index (χ2n) is 8.50. The van der Waals surface area contributed by atoms with Crippen LogP contribution >= 0.6 is 11.6 Å². The summed E-state index contributed by atoms with van der Waals surface area (Å²) in [5.41, 5.74) is 2.81. The van der Waals surface area contributed by atoms with Crippen LogP contribution in [0.4, 0.5) is 4.79 Å². The van der Waals surface area contributed by atoms with E-state index in [2.05, 4.69) is 15.4 Å². The lowest BCUT2D eigenvalue weighted by Gasteiger charge is -2.32. The lowest BCUT2D eigenvalue weighted by molar-refractivity contribution is 0.0911. The summed E-state index contributed by atoms with van der Waals surface area (Å²) in [5, 5.41) is 7.89. The number of halogens is 1. The van der Waals surface area contributed by atoms with E-state index in [4.69, 9.17) is 21.1 Å². The normalized spacial score (nSPS) is 19.5. The zero-order valence-electron chi connectivity index (χ0n) is 18.6. The summed E-state index contributed by atoms with van der Waals surface area (Å²) in [7, 11) is 0. The Hall–Kier alpha value is -3.59. The SMILES string of the molecule is Cc1cnn(-c2cnc(C(=O)NCc3ccc(Cl)cc3)cc2O[C@H]2CCN3C(=O)OC[C@@H]3C2)c1. The van der Waals surface area contributed by atoms with Crippen LogP contribution in [-0.2, 0) is 11.3 Å². The van der Waals surface area contributed by atoms with Gasteiger partial charge in [0.25, 0.3) is 5.91 Å². The smallest absolute Gasteiger partial charge is 0.410 e. The molecule has 2 atom stereocenters. The van der Waals surface area contributed by atoms with E-state index >= 15 is 0 Å². The number of carbonyl (C=O) groups is 2. The molecule has 1 N–H and O–H groups in total. The van der Waals surface area contributed by atoms with Crippen molar-refractivity contribution in [1.29, 1.82) is 0 Å². The van der Waals surface area contributed by atoms with Crippen LogP contribution < -0.4 is 10.1 Å². The number of carbonyl (C=O) groups excluding carboxylic acids is 2. The van der Waals surface area contributed by atoms with Crippen LogP contribution in [0.5, 0.6) is 5.75 Å². The number of aryl methyl sites for hydroxylation is 1. The number of cyclic esters (lactones) is 1. The Morgan fingerprint density at radius 2 is 2.12 bits per heavy atom. The topological polar surface area (TPSA) is 98.6 Å². The van der Waals surface area contributed by atoms with E-state index in [1.54, 1.807) is 40.2 Å². The van der Waals surface area contributed by atoms with Gasteiger partial charge in [0.1, 0.15) is 29.8 Å². The highest BCUT2D eigenvalue weighted by molar-refractivity contribution is 6.30. The highest BCUT2D eigenvalue weighted by atomic mass is 35.5. The van der Waals surface area contributed by atoms with Crippen LogP contribution in [-0.4, -0.2) is 57.0 Å². The zero-order valence-corrected chi connectivity index (χ0v) is 19.4. The van der Waals surface area contributed by atoms with Gasteiger partial charge in [-0.25, -0.2) is 14.5 Å². The van der Waals surface area contributed by atoms with Crippen molar-refractivity contribution in [3.8, 4) is 11.4 Å². The minimum Gasteiger partial charge on any atom is -0.488 e. The number of nitrogens with one attached hydrogen (secondary N) is 1. The average Bonchev–Trinajstić information content (AvgIpc) is 3.43. The number of rotatable bonds is 6. The van der Waals surface area contributed by atoms with Gasteiger partial charge in [-0.2, -0.15) is 5.10 Å². The number of hydrogen-bond donors (Lipinski definition) is 1. The predicted octanol–water partition coefficient (Wildman–Crippen LogP) is 3.52. The molecule has 5 rings (SSSR count). The summed E-state index contributed by atoms with van der Waals surface area (Å²) in [6.07, 6.45) is 6.15. The van der Waals surface area contributed by atoms with Crippen molar-refractivity contribution < 1.29 is 19.1 Å². The molecule has 176 valence electrons. The molecule has 1 aromatic carbocycles. The molecule has 2 amide bonds. The highest BCUT2D eigenvalue weighted by Gasteiger charge is 2.39. The molecule has 34 heavy (non-hydrogen) atoms. The Bertz CT molecular complexity index is 1210. The van der Waals surface area contributed by atoms with Gasteiger partial charge >= 0.3 is 6.09 Å². The van der Waals surface area contributed by atoms with Gasteiger partial charge in [0.2, 0.25) is 0 Å². The quantitative estimate of drug-likeness (QED) is 0.578. The molecule has 0 spiro atoms. The summed E-state index contributed by atoms with van der Waals surface area (Å²) in [4.78, 5) is 30.7. The number of hydrogen-bond acceptors (Lipinski definition) is 6. The third-order valence-corrected chi connectivity index (χ3v) is 6.25. The summed E-state index contributed by atoms with van der Waals surface area (Å²) in [5.74, 6) is 0.200. The molecule has 0 unspecified atom stereocenters. The molecular formula is C24H24ClN5O4. The summed E-state index contributed by atoms with van der Waals surface area (Å²) in [6.45, 7) is 3.24. The molecule has 2 aliphatic heterocycles. The van der Waals surface area contributed by atoms with E-state index in [0.717, 1.165) is 11.1 Å². The second kappa shape index (κ2) is 9.34. The Labute approximate surface area is 201 Å². The number of benzene rings is 1. The van der Waals surface area contributed by atoms with Crippen LogP contribution in [0.3, 0.4) is 0 Å². The van der Waals surface area contributed by atoms with E-state index in [-0.39, 0.29) is 29.8 Å². The molecule has 10 heteroatoms. The van der Waals surface area contributed by atoms with Crippen molar-refractivity contribution in [2.75, 3.05) is 13.2 Å². The summed E-state index contributed by atoms with van der Waals surface area (Å²) < 4.78 is 13.2. The third kappa shape index (κ3) is 4.70. The summed E-state index contributed by atoms with van der Waals surface area (Å²) in [6, 6.07) is 8.93. The second-order valence-corrected chi connectivity index (χ2v) is 8.93. The highest BCUT2D eigenvalue weighted by Crippen LogP contribution is 2.30. The monoisotopic (exact) mass is 481 g/mol. The first-order valence-electron chi connectivity index (χ1n) is 11.1. The Balaban J connectivity index is 1.35. The fourth-order valence-electron chi connectivity index (χ4n) is 4.19. The van der Waals surface area contributed by atoms with Crippen LogP contribution in [0.15, 0.2) is 48.9 Å². The van der Waals surface area contributed by atoms with Gasteiger partial charge in [0, 0.05) is 43.2 Å². The van der Waals surface area contributed by atoms with Crippen LogP contribution in [0.25, 0.3) is 5.69 Å². The first-order chi connectivity index (χ1) is 16.5. The molecule has 2 fully saturated rings. The van der Waals surface area contributed by atoms with Crippen LogP contribution in [0.2, 0.25) is 5.02 Å². The lowest BCUT2D eigenvalue weighted by atomic mass is 10.0. The number of aromatic nitrogens is 3. The number of amides is 2. The molecule has 0 radical (unpaired) electrons. The fraction of sp³-hybridized carbons (Fsp3) is 0.333. The number of pyridine rings is 1. The fourth-order valence-corrected chi connectivity index (χ4v) is 4.32. The van der Waals surface area contributed by atoms with Gasteiger partial charge in [-0.3, -0.25) is 4.79 Å². The first-order valence-corrected chi connectivity index (χ1v) is 11.5. The minimum atomic E-state index is -0.312. The van der Waals surface area contributed by atoms with E-state index in [1.807, 2.05) is 25.3 Å². The molecule has 0 aliphatic carbocycles. The number of fused-ring (bicyclic) bond motifs is 1. The van der Waals surface area contributed by atoms with Crippen LogP contribution in [0.1, 0.15) is 34.5 Å². The van der Waals surface area contributed by atoms with Gasteiger partial charge in [-0.15, -0.1) is 0 Å². The first kappa shape index (κ1) is 22.2. The lowest BCUT2D eigenvalue weighted by Crippen LogP contribution is -2.44. The maximum Gasteiger partial charge on any atom is 0.410 e. The van der Waals surface area contributed by atoms with Gasteiger partial charge in [0.15, 0.2) is 0 Å². The molecule has 0 bridgehead atoms. The average molecular weight is 482 g/mol. The van der Waals surface area contributed by atoms with Gasteiger partial charge < -0.3 is 19.7 Å². The third-order valence-electron chi connectivity index (χ3n) is 6.00. The molecule has 2 aromatic heterocycles. The van der Waals surface area contributed by atoms with Crippen molar-refractivity contribution in [1.82, 2.24) is 25.0 Å². The molecule has 3 aromatic rings. The van der Waals surface area contributed by atoms with Gasteiger partial charge in [0.05, 0.1) is 18.4 Å². The summed E-state index contributed by atoms with van der Waals surface area (Å²) >= 11 is 5.93. The van der Waals surface area contributed by atoms with E-state index in [0.29, 0.717) is 49.0 Å². The number of nitrogens with zero attached hydrogens (tertiary/aromatic N) is 4. The largest absolute Gasteiger partial charge is 0.488 e. The van der Waals surface area contributed by atoms with Gasteiger partial charge in [-0.05, 0) is 30.2 Å². The molecule has 4 heterocycles. The maximum atomic E-state index is 12.8.